The number of rotatable bonds is 3. The fraction of sp³-hybridized carbons (Fsp3) is 0.625. The molecule has 0 saturated heterocycles. The zero-order chi connectivity index (χ0) is 14.0. The van der Waals surface area contributed by atoms with E-state index in [2.05, 4.69) is 19.2 Å². The average Bonchev–Trinajstić information content (AvgIpc) is 2.34. The predicted molar refractivity (Wildman–Crippen MR) is 75.7 cm³/mol. The van der Waals surface area contributed by atoms with Crippen LogP contribution in [-0.4, -0.2) is 11.1 Å². The smallest absolute Gasteiger partial charge is 0.123 e. The maximum Gasteiger partial charge on any atom is 0.123 e. The van der Waals surface area contributed by atoms with Crippen molar-refractivity contribution in [2.45, 2.75) is 58.5 Å². The van der Waals surface area contributed by atoms with Crippen molar-refractivity contribution in [2.75, 3.05) is 0 Å². The molecule has 2 atom stereocenters. The maximum absolute atomic E-state index is 13.3. The molecule has 1 aromatic rings. The van der Waals surface area contributed by atoms with Crippen molar-refractivity contribution in [3.05, 3.63) is 29.6 Å². The van der Waals surface area contributed by atoms with E-state index in [1.165, 1.54) is 37.5 Å². The van der Waals surface area contributed by atoms with Crippen molar-refractivity contribution < 1.29 is 9.50 Å². The van der Waals surface area contributed by atoms with Crippen LogP contribution in [0, 0.1) is 11.2 Å². The third-order valence-corrected chi connectivity index (χ3v) is 4.41. The standard InChI is InChI=1S/C16H24FNO/c1-11(13-10-12(17)7-8-14(13)19)18-15-6-4-5-9-16(15,2)3/h7-8,10-11,15,18-19H,4-6,9H2,1-3H3. The van der Waals surface area contributed by atoms with E-state index in [4.69, 9.17) is 0 Å². The van der Waals surface area contributed by atoms with Crippen molar-refractivity contribution in [3.63, 3.8) is 0 Å². The van der Waals surface area contributed by atoms with E-state index in [-0.39, 0.29) is 23.0 Å². The fourth-order valence-corrected chi connectivity index (χ4v) is 3.07. The molecule has 2 unspecified atom stereocenters. The van der Waals surface area contributed by atoms with Gasteiger partial charge in [-0.1, -0.05) is 26.7 Å². The lowest BCUT2D eigenvalue weighted by Crippen LogP contribution is -2.45. The highest BCUT2D eigenvalue weighted by atomic mass is 19.1. The van der Waals surface area contributed by atoms with E-state index >= 15 is 0 Å². The largest absolute Gasteiger partial charge is 0.508 e. The zero-order valence-corrected chi connectivity index (χ0v) is 12.0. The van der Waals surface area contributed by atoms with Gasteiger partial charge in [-0.2, -0.15) is 0 Å². The van der Waals surface area contributed by atoms with Crippen LogP contribution in [0.5, 0.6) is 5.75 Å². The number of halogens is 1. The minimum Gasteiger partial charge on any atom is -0.508 e. The molecule has 0 bridgehead atoms. The van der Waals surface area contributed by atoms with Gasteiger partial charge in [-0.25, -0.2) is 4.39 Å². The van der Waals surface area contributed by atoms with Crippen molar-refractivity contribution >= 4 is 0 Å². The third-order valence-electron chi connectivity index (χ3n) is 4.41. The molecule has 3 heteroatoms. The second kappa shape index (κ2) is 5.49. The van der Waals surface area contributed by atoms with Gasteiger partial charge in [0.15, 0.2) is 0 Å². The van der Waals surface area contributed by atoms with Gasteiger partial charge in [0, 0.05) is 17.6 Å². The number of aromatic hydroxyl groups is 1. The number of phenolic OH excluding ortho intramolecular Hbond substituents is 1. The first-order valence-corrected chi connectivity index (χ1v) is 7.14. The van der Waals surface area contributed by atoms with Gasteiger partial charge in [0.1, 0.15) is 11.6 Å². The normalized spacial score (nSPS) is 24.1. The van der Waals surface area contributed by atoms with Crippen LogP contribution in [0.15, 0.2) is 18.2 Å². The van der Waals surface area contributed by atoms with Crippen LogP contribution in [0.1, 0.15) is 58.1 Å². The van der Waals surface area contributed by atoms with E-state index < -0.39 is 0 Å². The number of hydrogen-bond acceptors (Lipinski definition) is 2. The summed E-state index contributed by atoms with van der Waals surface area (Å²) in [6, 6.07) is 4.50. The first-order valence-electron chi connectivity index (χ1n) is 7.14. The Labute approximate surface area is 115 Å². The van der Waals surface area contributed by atoms with Gasteiger partial charge < -0.3 is 10.4 Å². The first kappa shape index (κ1) is 14.3. The predicted octanol–water partition coefficient (Wildman–Crippen LogP) is 4.15. The molecular formula is C16H24FNO. The molecule has 0 aliphatic heterocycles. The molecule has 1 saturated carbocycles. The Morgan fingerprint density at radius 1 is 1.37 bits per heavy atom. The molecule has 1 aromatic carbocycles. The highest BCUT2D eigenvalue weighted by molar-refractivity contribution is 5.35. The van der Waals surface area contributed by atoms with Gasteiger partial charge in [0.05, 0.1) is 0 Å². The molecule has 19 heavy (non-hydrogen) atoms. The van der Waals surface area contributed by atoms with Crippen molar-refractivity contribution in [1.82, 2.24) is 5.32 Å². The van der Waals surface area contributed by atoms with Crippen molar-refractivity contribution in [3.8, 4) is 5.75 Å². The molecule has 0 heterocycles. The van der Waals surface area contributed by atoms with Gasteiger partial charge >= 0.3 is 0 Å². The second-order valence-electron chi connectivity index (χ2n) is 6.38. The number of benzene rings is 1. The minimum atomic E-state index is -0.302. The third kappa shape index (κ3) is 3.27. The first-order chi connectivity index (χ1) is 8.90. The summed E-state index contributed by atoms with van der Waals surface area (Å²) in [4.78, 5) is 0. The molecule has 0 aromatic heterocycles. The van der Waals surface area contributed by atoms with E-state index in [1.54, 1.807) is 0 Å². The Kier molecular flexibility index (Phi) is 4.14. The van der Waals surface area contributed by atoms with E-state index in [9.17, 15) is 9.50 Å². The summed E-state index contributed by atoms with van der Waals surface area (Å²) in [7, 11) is 0. The summed E-state index contributed by atoms with van der Waals surface area (Å²) in [5.74, 6) is -0.139. The Hall–Kier alpha value is -1.09. The van der Waals surface area contributed by atoms with Crippen molar-refractivity contribution in [2.24, 2.45) is 5.41 Å². The molecular weight excluding hydrogens is 241 g/mol. The van der Waals surface area contributed by atoms with Crippen molar-refractivity contribution in [1.29, 1.82) is 0 Å². The van der Waals surface area contributed by atoms with Gasteiger partial charge in [-0.3, -0.25) is 0 Å². The van der Waals surface area contributed by atoms with Gasteiger partial charge in [0.2, 0.25) is 0 Å². The SMILES string of the molecule is CC(NC1CCCCC1(C)C)c1cc(F)ccc1O. The highest BCUT2D eigenvalue weighted by Gasteiger charge is 2.33. The van der Waals surface area contributed by atoms with Crippen LogP contribution in [0.2, 0.25) is 0 Å². The fourth-order valence-electron chi connectivity index (χ4n) is 3.07. The summed E-state index contributed by atoms with van der Waals surface area (Å²) < 4.78 is 13.3. The summed E-state index contributed by atoms with van der Waals surface area (Å²) in [6.07, 6.45) is 4.88. The molecule has 0 amide bonds. The topological polar surface area (TPSA) is 32.3 Å². The Morgan fingerprint density at radius 2 is 2.11 bits per heavy atom. The minimum absolute atomic E-state index is 0.0434. The summed E-state index contributed by atoms with van der Waals surface area (Å²) in [6.45, 7) is 6.54. The molecule has 106 valence electrons. The maximum atomic E-state index is 13.3. The number of phenols is 1. The summed E-state index contributed by atoms with van der Waals surface area (Å²) in [5, 5.41) is 13.4. The molecule has 2 N–H and O–H groups in total. The van der Waals surface area contributed by atoms with E-state index in [0.717, 1.165) is 6.42 Å². The van der Waals surface area contributed by atoms with E-state index in [0.29, 0.717) is 11.6 Å². The molecule has 1 fully saturated rings. The zero-order valence-electron chi connectivity index (χ0n) is 12.0. The van der Waals surface area contributed by atoms with Gasteiger partial charge in [-0.15, -0.1) is 0 Å². The van der Waals surface area contributed by atoms with E-state index in [1.807, 2.05) is 6.92 Å². The molecule has 2 nitrogen and oxygen atoms in total. The molecule has 1 aliphatic rings. The van der Waals surface area contributed by atoms with Crippen LogP contribution >= 0.6 is 0 Å². The number of nitrogens with one attached hydrogen (secondary N) is 1. The molecule has 1 aliphatic carbocycles. The monoisotopic (exact) mass is 265 g/mol. The van der Waals surface area contributed by atoms with Crippen LogP contribution in [0.25, 0.3) is 0 Å². The summed E-state index contributed by atoms with van der Waals surface area (Å²) >= 11 is 0. The Morgan fingerprint density at radius 3 is 2.79 bits per heavy atom. The lowest BCUT2D eigenvalue weighted by molar-refractivity contribution is 0.157. The summed E-state index contributed by atoms with van der Waals surface area (Å²) in [5.41, 5.74) is 0.900. The molecule has 2 rings (SSSR count). The van der Waals surface area contributed by atoms with Gasteiger partial charge in [-0.05, 0) is 43.4 Å². The van der Waals surface area contributed by atoms with Crippen LogP contribution in [0.4, 0.5) is 4.39 Å². The quantitative estimate of drug-likeness (QED) is 0.860. The van der Waals surface area contributed by atoms with Crippen LogP contribution in [-0.2, 0) is 0 Å². The molecule has 0 spiro atoms. The molecule has 0 radical (unpaired) electrons. The highest BCUT2D eigenvalue weighted by Crippen LogP contribution is 2.37. The second-order valence-corrected chi connectivity index (χ2v) is 6.38. The van der Waals surface area contributed by atoms with Gasteiger partial charge in [0.25, 0.3) is 0 Å². The Bertz CT molecular complexity index is 444. The number of hydrogen-bond donors (Lipinski definition) is 2. The Balaban J connectivity index is 2.12. The lowest BCUT2D eigenvalue weighted by atomic mass is 9.73. The van der Waals surface area contributed by atoms with Crippen LogP contribution in [0.3, 0.4) is 0 Å². The lowest BCUT2D eigenvalue weighted by Gasteiger charge is -2.41. The van der Waals surface area contributed by atoms with Crippen LogP contribution < -0.4 is 5.32 Å². The average molecular weight is 265 g/mol.